The van der Waals surface area contributed by atoms with E-state index in [1.54, 1.807) is 0 Å². The Kier molecular flexibility index (Phi) is 28.5. The molecule has 0 saturated carbocycles. The summed E-state index contributed by atoms with van der Waals surface area (Å²) in [5, 5.41) is 23.7. The highest BCUT2D eigenvalue weighted by molar-refractivity contribution is 7.81. The summed E-state index contributed by atoms with van der Waals surface area (Å²) in [6.07, 6.45) is 5.24. The van der Waals surface area contributed by atoms with Crippen LogP contribution in [0.4, 0.5) is 0 Å². The van der Waals surface area contributed by atoms with Crippen LogP contribution in [0.2, 0.25) is 0 Å². The molecule has 0 aliphatic rings. The normalized spacial score (nSPS) is 11.0. The summed E-state index contributed by atoms with van der Waals surface area (Å²) in [7, 11) is 0. The van der Waals surface area contributed by atoms with Crippen molar-refractivity contribution in [3.63, 3.8) is 0 Å². The zero-order valence-electron chi connectivity index (χ0n) is 13.1. The summed E-state index contributed by atoms with van der Waals surface area (Å²) in [5.41, 5.74) is 0. The molecule has 0 aliphatic carbocycles. The van der Waals surface area contributed by atoms with E-state index in [0.29, 0.717) is 17.9 Å². The van der Waals surface area contributed by atoms with E-state index in [0.717, 1.165) is 18.8 Å². The Hall–Kier alpha value is 0.440. The Labute approximate surface area is 146 Å². The van der Waals surface area contributed by atoms with Crippen LogP contribution < -0.4 is 0 Å². The summed E-state index contributed by atoms with van der Waals surface area (Å²) in [4.78, 5) is 10.4. The first-order valence-electron chi connectivity index (χ1n) is 7.21. The maximum atomic E-state index is 10.4. The average Bonchev–Trinajstić information content (AvgIpc) is 2.46. The Morgan fingerprint density at radius 1 is 0.952 bits per heavy atom. The quantitative estimate of drug-likeness (QED) is 0.282. The van der Waals surface area contributed by atoms with E-state index in [9.17, 15) is 4.79 Å². The smallest absolute Gasteiger partial charge is 0.316 e. The second kappa shape index (κ2) is 22.7. The fourth-order valence-electron chi connectivity index (χ4n) is 1.19. The summed E-state index contributed by atoms with van der Waals surface area (Å²) >= 11 is 11.3. The highest BCUT2D eigenvalue weighted by Gasteiger charge is 2.10. The van der Waals surface area contributed by atoms with E-state index >= 15 is 0 Å². The van der Waals surface area contributed by atoms with Crippen LogP contribution in [0.25, 0.3) is 0 Å². The molecule has 0 bridgehead atoms. The molecule has 0 amide bonds. The third kappa shape index (κ3) is 33.3. The minimum atomic E-state index is -0.799. The molecule has 0 saturated heterocycles. The highest BCUT2D eigenvalue weighted by Crippen LogP contribution is 2.12. The van der Waals surface area contributed by atoms with Gasteiger partial charge in [-0.2, -0.15) is 37.9 Å². The van der Waals surface area contributed by atoms with Gasteiger partial charge in [0.1, 0.15) is 0 Å². The van der Waals surface area contributed by atoms with Gasteiger partial charge in [-0.1, -0.05) is 39.5 Å². The van der Waals surface area contributed by atoms with E-state index in [1.807, 2.05) is 0 Å². The van der Waals surface area contributed by atoms with Gasteiger partial charge in [0.25, 0.3) is 0 Å². The van der Waals surface area contributed by atoms with Crippen LogP contribution in [0.1, 0.15) is 46.0 Å². The van der Waals surface area contributed by atoms with Gasteiger partial charge in [0.05, 0.1) is 18.5 Å². The summed E-state index contributed by atoms with van der Waals surface area (Å²) in [6.45, 7) is 4.78. The van der Waals surface area contributed by atoms with E-state index in [1.165, 1.54) is 12.8 Å². The molecular formula is C14H32O4S3. The molecule has 7 heteroatoms. The van der Waals surface area contributed by atoms with Crippen molar-refractivity contribution in [2.75, 3.05) is 24.7 Å². The molecule has 0 aromatic rings. The Balaban J connectivity index is -0.000000334. The van der Waals surface area contributed by atoms with Gasteiger partial charge in [-0.3, -0.25) is 4.79 Å². The molecule has 1 atom stereocenters. The van der Waals surface area contributed by atoms with Crippen LogP contribution >= 0.6 is 37.9 Å². The maximum Gasteiger partial charge on any atom is 0.316 e. The van der Waals surface area contributed by atoms with Gasteiger partial charge >= 0.3 is 5.97 Å². The predicted octanol–water partition coefficient (Wildman–Crippen LogP) is 2.79. The number of aliphatic carboxylic acids is 1. The van der Waals surface area contributed by atoms with Gasteiger partial charge in [-0.05, 0) is 12.3 Å². The number of carbonyl (C=O) groups is 1. The lowest BCUT2D eigenvalue weighted by Gasteiger charge is -2.06. The molecule has 0 aromatic carbocycles. The molecule has 0 aromatic heterocycles. The van der Waals surface area contributed by atoms with Crippen molar-refractivity contribution >= 4 is 43.9 Å². The van der Waals surface area contributed by atoms with Crippen LogP contribution in [-0.4, -0.2) is 51.3 Å². The Morgan fingerprint density at radius 2 is 1.33 bits per heavy atom. The number of thiol groups is 3. The zero-order chi connectivity index (χ0) is 17.1. The lowest BCUT2D eigenvalue weighted by atomic mass is 10.0. The molecule has 3 N–H and O–H groups in total. The van der Waals surface area contributed by atoms with Crippen molar-refractivity contribution in [2.24, 2.45) is 5.92 Å². The summed E-state index contributed by atoms with van der Waals surface area (Å²) in [5.74, 6) is 1.10. The van der Waals surface area contributed by atoms with Crippen molar-refractivity contribution in [1.29, 1.82) is 0 Å². The lowest BCUT2D eigenvalue weighted by molar-refractivity contribution is -0.136. The largest absolute Gasteiger partial charge is 0.480 e. The number of carboxylic acid groups (broad SMARTS) is 1. The second-order valence-corrected chi connectivity index (χ2v) is 6.30. The van der Waals surface area contributed by atoms with E-state index in [2.05, 4.69) is 51.7 Å². The fraction of sp³-hybridized carbons (Fsp3) is 0.929. The van der Waals surface area contributed by atoms with Crippen molar-refractivity contribution in [1.82, 2.24) is 0 Å². The van der Waals surface area contributed by atoms with E-state index in [4.69, 9.17) is 15.3 Å². The van der Waals surface area contributed by atoms with Gasteiger partial charge < -0.3 is 15.3 Å². The van der Waals surface area contributed by atoms with Gasteiger partial charge in [0.2, 0.25) is 0 Å². The molecule has 0 heterocycles. The highest BCUT2D eigenvalue weighted by atomic mass is 32.1. The molecule has 1 unspecified atom stereocenters. The van der Waals surface area contributed by atoms with Gasteiger partial charge in [0, 0.05) is 11.5 Å². The van der Waals surface area contributed by atoms with Crippen LogP contribution in [0, 0.1) is 5.92 Å². The monoisotopic (exact) mass is 360 g/mol. The Bertz CT molecular complexity index is 197. The van der Waals surface area contributed by atoms with Crippen molar-refractivity contribution in [2.45, 2.75) is 51.2 Å². The molecule has 130 valence electrons. The predicted molar refractivity (Wildman–Crippen MR) is 100 cm³/mol. The van der Waals surface area contributed by atoms with Crippen LogP contribution in [0.15, 0.2) is 0 Å². The standard InChI is InChI=1S/C10H20O2S.2C2H6OS/c1-8(2)6-4-3-5-7-9(13)10(11)12;2*3-1-2-4/h8-9,13H,3-7H2,1-2H3,(H,11,12);2*3-4H,1-2H2. The Morgan fingerprint density at radius 3 is 1.62 bits per heavy atom. The average molecular weight is 361 g/mol. The van der Waals surface area contributed by atoms with Gasteiger partial charge in [-0.25, -0.2) is 0 Å². The molecule has 0 spiro atoms. The van der Waals surface area contributed by atoms with Crippen LogP contribution in [-0.2, 0) is 4.79 Å². The van der Waals surface area contributed by atoms with Gasteiger partial charge in [0.15, 0.2) is 0 Å². The van der Waals surface area contributed by atoms with Crippen LogP contribution in [0.3, 0.4) is 0 Å². The molecular weight excluding hydrogens is 328 g/mol. The van der Waals surface area contributed by atoms with Gasteiger partial charge in [-0.15, -0.1) is 0 Å². The molecule has 0 fully saturated rings. The number of aliphatic hydroxyl groups excluding tert-OH is 2. The van der Waals surface area contributed by atoms with E-state index < -0.39 is 11.2 Å². The maximum absolute atomic E-state index is 10.4. The number of hydrogen-bond acceptors (Lipinski definition) is 6. The summed E-state index contributed by atoms with van der Waals surface area (Å²) < 4.78 is 0. The van der Waals surface area contributed by atoms with Crippen molar-refractivity contribution in [3.8, 4) is 0 Å². The minimum Gasteiger partial charge on any atom is -0.480 e. The molecule has 0 aliphatic heterocycles. The van der Waals surface area contributed by atoms with Crippen LogP contribution in [0.5, 0.6) is 0 Å². The molecule has 0 radical (unpaired) electrons. The minimum absolute atomic E-state index is 0.184. The number of carboxylic acids is 1. The molecule has 0 rings (SSSR count). The van der Waals surface area contributed by atoms with Crippen molar-refractivity contribution in [3.05, 3.63) is 0 Å². The zero-order valence-corrected chi connectivity index (χ0v) is 15.8. The fourth-order valence-corrected chi connectivity index (χ4v) is 1.37. The second-order valence-electron chi connectivity index (χ2n) is 4.78. The van der Waals surface area contributed by atoms with E-state index in [-0.39, 0.29) is 13.2 Å². The first-order chi connectivity index (χ1) is 9.87. The lowest BCUT2D eigenvalue weighted by Crippen LogP contribution is -2.12. The SMILES string of the molecule is CC(C)CCCCCC(S)C(=O)O.OCCS.OCCS. The summed E-state index contributed by atoms with van der Waals surface area (Å²) in [6, 6.07) is 0. The first-order valence-corrected chi connectivity index (χ1v) is 8.99. The topological polar surface area (TPSA) is 77.8 Å². The number of unbranched alkanes of at least 4 members (excludes halogenated alkanes) is 2. The number of aliphatic hydroxyl groups is 2. The molecule has 21 heavy (non-hydrogen) atoms. The molecule has 4 nitrogen and oxygen atoms in total. The third-order valence-electron chi connectivity index (χ3n) is 2.24. The van der Waals surface area contributed by atoms with Crippen molar-refractivity contribution < 1.29 is 20.1 Å². The first kappa shape index (κ1) is 26.3. The number of hydrogen-bond donors (Lipinski definition) is 6. The number of rotatable bonds is 9. The third-order valence-corrected chi connectivity index (χ3v) is 3.12.